The number of rotatable bonds is 1. The molecule has 0 saturated carbocycles. The standard InChI is InChI=1S/C7H8O3S.Tl/c1-6-3-2-4-7(5-6)11(8,9)10;/h2-5H,1H3,(H,8,9,10);/q;+1/p-1. The first-order valence-electron chi connectivity index (χ1n) is 3.03. The van der Waals surface area contributed by atoms with E-state index in [2.05, 4.69) is 0 Å². The van der Waals surface area contributed by atoms with Gasteiger partial charge in [-0.05, 0) is 24.6 Å². The molecule has 1 rings (SSSR count). The van der Waals surface area contributed by atoms with E-state index < -0.39 is 10.1 Å². The van der Waals surface area contributed by atoms with E-state index in [1.54, 1.807) is 19.1 Å². The van der Waals surface area contributed by atoms with E-state index in [1.807, 2.05) is 0 Å². The van der Waals surface area contributed by atoms with Gasteiger partial charge in [0.25, 0.3) is 0 Å². The molecule has 0 saturated heterocycles. The minimum Gasteiger partial charge on any atom is -0.744 e. The quantitative estimate of drug-likeness (QED) is 0.531. The second-order valence-electron chi connectivity index (χ2n) is 2.27. The summed E-state index contributed by atoms with van der Waals surface area (Å²) in [7, 11) is -4.28. The average Bonchev–Trinajstić information content (AvgIpc) is 1.86. The van der Waals surface area contributed by atoms with Gasteiger partial charge in [0.15, 0.2) is 0 Å². The summed E-state index contributed by atoms with van der Waals surface area (Å²) in [4.78, 5) is -0.169. The topological polar surface area (TPSA) is 57.2 Å². The Morgan fingerprint density at radius 3 is 2.25 bits per heavy atom. The van der Waals surface area contributed by atoms with Gasteiger partial charge in [0.2, 0.25) is 0 Å². The molecule has 0 aliphatic carbocycles. The molecule has 0 aliphatic heterocycles. The summed E-state index contributed by atoms with van der Waals surface area (Å²) in [6.07, 6.45) is 0. The van der Waals surface area contributed by atoms with Crippen molar-refractivity contribution in [1.82, 2.24) is 0 Å². The van der Waals surface area contributed by atoms with Crippen molar-refractivity contribution in [2.24, 2.45) is 0 Å². The zero-order valence-electron chi connectivity index (χ0n) is 6.52. The summed E-state index contributed by atoms with van der Waals surface area (Å²) in [6.45, 7) is 1.73. The van der Waals surface area contributed by atoms with Crippen LogP contribution >= 0.6 is 0 Å². The largest absolute Gasteiger partial charge is 1.00 e. The van der Waals surface area contributed by atoms with Crippen LogP contribution < -0.4 is 0 Å². The Kier molecular flexibility index (Phi) is 4.35. The molecule has 3 nitrogen and oxygen atoms in total. The van der Waals surface area contributed by atoms with E-state index in [0.29, 0.717) is 0 Å². The van der Waals surface area contributed by atoms with Crippen molar-refractivity contribution in [2.45, 2.75) is 11.8 Å². The Labute approximate surface area is 91.7 Å². The van der Waals surface area contributed by atoms with Crippen molar-refractivity contribution in [3.05, 3.63) is 29.8 Å². The summed E-state index contributed by atoms with van der Waals surface area (Å²) < 4.78 is 31.3. The summed E-state index contributed by atoms with van der Waals surface area (Å²) in [6, 6.07) is 5.91. The summed E-state index contributed by atoms with van der Waals surface area (Å²) in [5.74, 6) is 0. The zero-order chi connectivity index (χ0) is 8.48. The molecule has 0 atom stereocenters. The maximum atomic E-state index is 10.4. The Balaban J connectivity index is 0.00000121. The van der Waals surface area contributed by atoms with Crippen molar-refractivity contribution in [3.63, 3.8) is 0 Å². The Hall–Kier alpha value is 0.0521. The SMILES string of the molecule is Cc1cccc(S(=O)(=O)[O-])c1.[Tl+]. The third-order valence-corrected chi connectivity index (χ3v) is 2.11. The maximum Gasteiger partial charge on any atom is 1.00 e. The van der Waals surface area contributed by atoms with Crippen LogP contribution in [-0.2, 0) is 10.1 Å². The molecule has 0 radical (unpaired) electrons. The van der Waals surface area contributed by atoms with Crippen molar-refractivity contribution in [3.8, 4) is 0 Å². The first-order chi connectivity index (χ1) is 5.00. The zero-order valence-corrected chi connectivity index (χ0v) is 11.8. The van der Waals surface area contributed by atoms with Crippen LogP contribution in [0.25, 0.3) is 0 Å². The Bertz CT molecular complexity index is 359. The van der Waals surface area contributed by atoms with Crippen LogP contribution in [0.15, 0.2) is 29.2 Å². The number of benzene rings is 1. The molecule has 0 N–H and O–H groups in total. The van der Waals surface area contributed by atoms with Crippen LogP contribution in [0, 0.1) is 6.92 Å². The van der Waals surface area contributed by atoms with Crippen molar-refractivity contribution < 1.29 is 13.0 Å². The van der Waals surface area contributed by atoms with E-state index >= 15 is 0 Å². The van der Waals surface area contributed by atoms with E-state index in [-0.39, 0.29) is 32.2 Å². The maximum absolute atomic E-state index is 10.4. The predicted octanol–water partition coefficient (Wildman–Crippen LogP) is 0.518. The predicted molar refractivity (Wildman–Crippen MR) is 44.9 cm³/mol. The van der Waals surface area contributed by atoms with Gasteiger partial charge in [0, 0.05) is 0 Å². The van der Waals surface area contributed by atoms with Gasteiger partial charge in [0.1, 0.15) is 10.1 Å². The number of aryl methyl sites for hydroxylation is 1. The van der Waals surface area contributed by atoms with Crippen LogP contribution in [0.5, 0.6) is 0 Å². The molecule has 0 bridgehead atoms. The van der Waals surface area contributed by atoms with Gasteiger partial charge < -0.3 is 4.55 Å². The molecule has 0 spiro atoms. The fraction of sp³-hybridized carbons (Fsp3) is 0.143. The van der Waals surface area contributed by atoms with Gasteiger partial charge in [-0.3, -0.25) is 0 Å². The molecule has 0 heterocycles. The van der Waals surface area contributed by atoms with Gasteiger partial charge in [-0.25, -0.2) is 8.42 Å². The average molecular weight is 376 g/mol. The molecule has 0 amide bonds. The first kappa shape index (κ1) is 12.1. The molecule has 5 heteroatoms. The minimum atomic E-state index is -4.28. The Morgan fingerprint density at radius 1 is 1.33 bits per heavy atom. The van der Waals surface area contributed by atoms with Gasteiger partial charge in [-0.2, -0.15) is 0 Å². The summed E-state index contributed by atoms with van der Waals surface area (Å²) in [5, 5.41) is 0. The van der Waals surface area contributed by atoms with E-state index in [0.717, 1.165) is 5.56 Å². The fourth-order valence-corrected chi connectivity index (χ4v) is 1.35. The molecule has 1 aromatic rings. The van der Waals surface area contributed by atoms with E-state index in [9.17, 15) is 13.0 Å². The molecular weight excluding hydrogens is 369 g/mol. The fourth-order valence-electron chi connectivity index (χ4n) is 0.771. The molecule has 62 valence electrons. The van der Waals surface area contributed by atoms with E-state index in [4.69, 9.17) is 0 Å². The number of hydrogen-bond donors (Lipinski definition) is 0. The third-order valence-electron chi connectivity index (χ3n) is 1.28. The van der Waals surface area contributed by atoms with Crippen LogP contribution in [-0.4, -0.2) is 40.3 Å². The van der Waals surface area contributed by atoms with Crippen LogP contribution in [0.4, 0.5) is 0 Å². The van der Waals surface area contributed by atoms with Gasteiger partial charge in [-0.15, -0.1) is 0 Å². The van der Waals surface area contributed by atoms with Gasteiger partial charge in [0.05, 0.1) is 4.90 Å². The molecule has 0 aliphatic rings. The minimum absolute atomic E-state index is 0. The molecule has 12 heavy (non-hydrogen) atoms. The first-order valence-corrected chi connectivity index (χ1v) is 4.43. The molecule has 0 fully saturated rings. The van der Waals surface area contributed by atoms with Crippen LogP contribution in [0.1, 0.15) is 5.56 Å². The molecule has 0 aromatic heterocycles. The van der Waals surface area contributed by atoms with E-state index in [1.165, 1.54) is 12.1 Å². The van der Waals surface area contributed by atoms with Crippen LogP contribution in [0.3, 0.4) is 0 Å². The van der Waals surface area contributed by atoms with Crippen LogP contribution in [0.2, 0.25) is 0 Å². The molecule has 1 aromatic carbocycles. The normalized spacial score (nSPS) is 10.5. The monoisotopic (exact) mass is 376 g/mol. The third kappa shape index (κ3) is 3.20. The Morgan fingerprint density at radius 2 is 1.92 bits per heavy atom. The second kappa shape index (κ2) is 4.33. The molecule has 0 unspecified atom stereocenters. The number of hydrogen-bond acceptors (Lipinski definition) is 3. The summed E-state index contributed by atoms with van der Waals surface area (Å²) >= 11 is 0. The molecular formula is C7H7O3STl. The van der Waals surface area contributed by atoms with Crippen molar-refractivity contribution in [2.75, 3.05) is 0 Å². The van der Waals surface area contributed by atoms with Gasteiger partial charge >= 0.3 is 27.3 Å². The van der Waals surface area contributed by atoms with Gasteiger partial charge in [-0.1, -0.05) is 12.1 Å². The smallest absolute Gasteiger partial charge is 0.744 e. The second-order valence-corrected chi connectivity index (χ2v) is 3.65. The summed E-state index contributed by atoms with van der Waals surface area (Å²) in [5.41, 5.74) is 0.766. The van der Waals surface area contributed by atoms with Crippen molar-refractivity contribution >= 4 is 37.4 Å². The van der Waals surface area contributed by atoms with Crippen molar-refractivity contribution in [1.29, 1.82) is 0 Å².